The number of hydrogen-bond acceptors (Lipinski definition) is 4. The van der Waals surface area contributed by atoms with Gasteiger partial charge in [0.25, 0.3) is 0 Å². The molecule has 1 amide bonds. The van der Waals surface area contributed by atoms with Crippen molar-refractivity contribution in [3.05, 3.63) is 0 Å². The van der Waals surface area contributed by atoms with Gasteiger partial charge in [-0.15, -0.1) is 0 Å². The van der Waals surface area contributed by atoms with Gasteiger partial charge in [-0.2, -0.15) is 0 Å². The van der Waals surface area contributed by atoms with Crippen LogP contribution < -0.4 is 10.6 Å². The molecule has 1 aliphatic rings. The van der Waals surface area contributed by atoms with Gasteiger partial charge in [-0.3, -0.25) is 4.79 Å². The van der Waals surface area contributed by atoms with Gasteiger partial charge in [-0.25, -0.2) is 4.79 Å². The summed E-state index contributed by atoms with van der Waals surface area (Å²) in [6, 6.07) is -0.837. The zero-order chi connectivity index (χ0) is 15.2. The summed E-state index contributed by atoms with van der Waals surface area (Å²) in [7, 11) is 1.57. The van der Waals surface area contributed by atoms with E-state index in [1.165, 1.54) is 0 Å². The number of methoxy groups -OCH3 is 1. The number of aliphatic carboxylic acids is 1. The number of rotatable bonds is 7. The van der Waals surface area contributed by atoms with E-state index in [-0.39, 0.29) is 11.8 Å². The minimum atomic E-state index is -0.978. The van der Waals surface area contributed by atoms with Crippen LogP contribution in [0, 0.1) is 11.3 Å². The van der Waals surface area contributed by atoms with Crippen LogP contribution >= 0.6 is 0 Å². The Balaban J connectivity index is 2.81. The highest BCUT2D eigenvalue weighted by Crippen LogP contribution is 2.30. The maximum atomic E-state index is 12.6. The van der Waals surface area contributed by atoms with Gasteiger partial charge in [0, 0.05) is 7.11 Å². The third kappa shape index (κ3) is 3.93. The highest BCUT2D eigenvalue weighted by molar-refractivity contribution is 5.87. The molecule has 6 nitrogen and oxygen atoms in total. The lowest BCUT2D eigenvalue weighted by Crippen LogP contribution is -2.55. The second-order valence-corrected chi connectivity index (χ2v) is 5.64. The summed E-state index contributed by atoms with van der Waals surface area (Å²) in [4.78, 5) is 23.9. The number of piperidine rings is 1. The predicted octanol–water partition coefficient (Wildman–Crippen LogP) is 0.618. The third-order valence-electron chi connectivity index (χ3n) is 4.23. The van der Waals surface area contributed by atoms with E-state index in [2.05, 4.69) is 10.6 Å². The number of carboxylic acid groups (broad SMARTS) is 1. The average Bonchev–Trinajstić information content (AvgIpc) is 2.44. The first-order valence-corrected chi connectivity index (χ1v) is 7.20. The number of carbonyl (C=O) groups is 2. The summed E-state index contributed by atoms with van der Waals surface area (Å²) < 4.78 is 5.20. The van der Waals surface area contributed by atoms with Gasteiger partial charge in [0.1, 0.15) is 6.04 Å². The van der Waals surface area contributed by atoms with Crippen molar-refractivity contribution in [1.82, 2.24) is 10.6 Å². The molecule has 0 aliphatic carbocycles. The Morgan fingerprint density at radius 2 is 2.00 bits per heavy atom. The Kier molecular flexibility index (Phi) is 6.42. The summed E-state index contributed by atoms with van der Waals surface area (Å²) >= 11 is 0. The van der Waals surface area contributed by atoms with Crippen LogP contribution in [-0.2, 0) is 14.3 Å². The van der Waals surface area contributed by atoms with Crippen molar-refractivity contribution in [3.8, 4) is 0 Å². The summed E-state index contributed by atoms with van der Waals surface area (Å²) in [6.45, 7) is 5.58. The SMILES string of the molecule is CCC(C)[C@H](NC(=O)C1(COC)CCNCC1)C(=O)O. The van der Waals surface area contributed by atoms with Crippen molar-refractivity contribution >= 4 is 11.9 Å². The van der Waals surface area contributed by atoms with E-state index < -0.39 is 17.4 Å². The van der Waals surface area contributed by atoms with E-state index in [0.29, 0.717) is 25.9 Å². The minimum absolute atomic E-state index is 0.0993. The Morgan fingerprint density at radius 1 is 1.40 bits per heavy atom. The summed E-state index contributed by atoms with van der Waals surface area (Å²) in [5.41, 5.74) is -0.610. The first-order valence-electron chi connectivity index (χ1n) is 7.20. The van der Waals surface area contributed by atoms with Gasteiger partial charge in [0.2, 0.25) is 5.91 Å². The van der Waals surface area contributed by atoms with Crippen LogP contribution in [0.1, 0.15) is 33.1 Å². The highest BCUT2D eigenvalue weighted by atomic mass is 16.5. The fraction of sp³-hybridized carbons (Fsp3) is 0.857. The Labute approximate surface area is 120 Å². The summed E-state index contributed by atoms with van der Waals surface area (Å²) in [5, 5.41) is 15.2. The van der Waals surface area contributed by atoms with Crippen molar-refractivity contribution < 1.29 is 19.4 Å². The molecular weight excluding hydrogens is 260 g/mol. The summed E-state index contributed by atoms with van der Waals surface area (Å²) in [5.74, 6) is -1.28. The number of carbonyl (C=O) groups excluding carboxylic acids is 1. The van der Waals surface area contributed by atoms with Crippen LogP contribution in [-0.4, -0.2) is 49.8 Å². The van der Waals surface area contributed by atoms with E-state index in [9.17, 15) is 14.7 Å². The first kappa shape index (κ1) is 16.9. The Bertz CT molecular complexity index is 335. The Hall–Kier alpha value is -1.14. The van der Waals surface area contributed by atoms with Crippen molar-refractivity contribution in [2.75, 3.05) is 26.8 Å². The van der Waals surface area contributed by atoms with Crippen LogP contribution in [0.2, 0.25) is 0 Å². The van der Waals surface area contributed by atoms with Crippen LogP contribution in [0.5, 0.6) is 0 Å². The van der Waals surface area contributed by atoms with Crippen LogP contribution in [0.25, 0.3) is 0 Å². The molecule has 0 aromatic rings. The lowest BCUT2D eigenvalue weighted by Gasteiger charge is -2.36. The van der Waals surface area contributed by atoms with Gasteiger partial charge in [-0.1, -0.05) is 20.3 Å². The summed E-state index contributed by atoms with van der Waals surface area (Å²) in [6.07, 6.45) is 2.04. The molecule has 1 heterocycles. The third-order valence-corrected chi connectivity index (χ3v) is 4.23. The minimum Gasteiger partial charge on any atom is -0.480 e. The lowest BCUT2D eigenvalue weighted by atomic mass is 9.78. The van der Waals surface area contributed by atoms with E-state index in [4.69, 9.17) is 4.74 Å². The molecular formula is C14H26N2O4. The second-order valence-electron chi connectivity index (χ2n) is 5.64. The quantitative estimate of drug-likeness (QED) is 0.638. The van der Waals surface area contributed by atoms with Crippen LogP contribution in [0.3, 0.4) is 0 Å². The Morgan fingerprint density at radius 3 is 2.45 bits per heavy atom. The van der Waals surface area contributed by atoms with Crippen molar-refractivity contribution in [2.45, 2.75) is 39.2 Å². The number of carboxylic acids is 1. The molecule has 0 aromatic carbocycles. The first-order chi connectivity index (χ1) is 9.46. The predicted molar refractivity (Wildman–Crippen MR) is 75.4 cm³/mol. The lowest BCUT2D eigenvalue weighted by molar-refractivity contribution is -0.147. The molecule has 0 aromatic heterocycles. The zero-order valence-electron chi connectivity index (χ0n) is 12.6. The molecule has 0 saturated carbocycles. The van der Waals surface area contributed by atoms with E-state index in [1.807, 2.05) is 13.8 Å². The largest absolute Gasteiger partial charge is 0.480 e. The van der Waals surface area contributed by atoms with E-state index in [0.717, 1.165) is 13.1 Å². The molecule has 1 unspecified atom stereocenters. The van der Waals surface area contributed by atoms with Gasteiger partial charge in [-0.05, 0) is 31.8 Å². The number of nitrogens with one attached hydrogen (secondary N) is 2. The van der Waals surface area contributed by atoms with Gasteiger partial charge in [0.15, 0.2) is 0 Å². The fourth-order valence-electron chi connectivity index (χ4n) is 2.60. The van der Waals surface area contributed by atoms with Gasteiger partial charge >= 0.3 is 5.97 Å². The zero-order valence-corrected chi connectivity index (χ0v) is 12.6. The molecule has 0 radical (unpaired) electrons. The maximum Gasteiger partial charge on any atom is 0.326 e. The van der Waals surface area contributed by atoms with Crippen molar-refractivity contribution in [1.29, 1.82) is 0 Å². The molecule has 1 rings (SSSR count). The molecule has 0 bridgehead atoms. The normalized spacial score (nSPS) is 20.9. The van der Waals surface area contributed by atoms with Crippen LogP contribution in [0.4, 0.5) is 0 Å². The monoisotopic (exact) mass is 286 g/mol. The van der Waals surface area contributed by atoms with Gasteiger partial charge < -0.3 is 20.5 Å². The van der Waals surface area contributed by atoms with Crippen molar-refractivity contribution in [2.24, 2.45) is 11.3 Å². The standard InChI is InChI=1S/C14H26N2O4/c1-4-10(2)11(12(17)18)16-13(19)14(9-20-3)5-7-15-8-6-14/h10-11,15H,4-9H2,1-3H3,(H,16,19)(H,17,18)/t10?,11-/m0/s1. The van der Waals surface area contributed by atoms with Crippen LogP contribution in [0.15, 0.2) is 0 Å². The topological polar surface area (TPSA) is 87.7 Å². The molecule has 3 N–H and O–H groups in total. The maximum absolute atomic E-state index is 12.6. The van der Waals surface area contributed by atoms with E-state index in [1.54, 1.807) is 7.11 Å². The molecule has 1 saturated heterocycles. The molecule has 20 heavy (non-hydrogen) atoms. The molecule has 1 fully saturated rings. The molecule has 0 spiro atoms. The number of amides is 1. The molecule has 1 aliphatic heterocycles. The van der Waals surface area contributed by atoms with Crippen molar-refractivity contribution in [3.63, 3.8) is 0 Å². The molecule has 2 atom stereocenters. The van der Waals surface area contributed by atoms with Gasteiger partial charge in [0.05, 0.1) is 12.0 Å². The van der Waals surface area contributed by atoms with E-state index >= 15 is 0 Å². The number of ether oxygens (including phenoxy) is 1. The number of hydrogen-bond donors (Lipinski definition) is 3. The average molecular weight is 286 g/mol. The molecule has 6 heteroatoms. The fourth-order valence-corrected chi connectivity index (χ4v) is 2.60. The highest BCUT2D eigenvalue weighted by Gasteiger charge is 2.41. The smallest absolute Gasteiger partial charge is 0.326 e. The molecule has 116 valence electrons. The second kappa shape index (κ2) is 7.59.